The monoisotopic (exact) mass is 218 g/mol. The van der Waals surface area contributed by atoms with Gasteiger partial charge in [0.25, 0.3) is 0 Å². The third kappa shape index (κ3) is 3.34. The molecule has 0 aromatic heterocycles. The second-order valence-electron chi connectivity index (χ2n) is 5.11. The van der Waals surface area contributed by atoms with Crippen LogP contribution in [0.15, 0.2) is 24.3 Å². The van der Waals surface area contributed by atoms with E-state index in [0.717, 1.165) is 12.5 Å². The predicted octanol–water partition coefficient (Wildman–Crippen LogP) is 3.74. The van der Waals surface area contributed by atoms with Crippen LogP contribution in [0.5, 0.6) is 0 Å². The third-order valence-corrected chi connectivity index (χ3v) is 3.56. The van der Waals surface area contributed by atoms with Crippen molar-refractivity contribution in [2.24, 2.45) is 5.92 Å². The Hall–Kier alpha value is -0.820. The van der Waals surface area contributed by atoms with E-state index in [1.807, 2.05) is 0 Å². The fourth-order valence-corrected chi connectivity index (χ4v) is 2.29. The molecule has 0 N–H and O–H groups in total. The zero-order valence-corrected chi connectivity index (χ0v) is 10.4. The molecule has 1 aliphatic rings. The summed E-state index contributed by atoms with van der Waals surface area (Å²) in [6.45, 7) is 5.28. The highest BCUT2D eigenvalue weighted by molar-refractivity contribution is 5.21. The van der Waals surface area contributed by atoms with Gasteiger partial charge in [0, 0.05) is 6.61 Å². The first-order valence-corrected chi connectivity index (χ1v) is 6.41. The zero-order valence-electron chi connectivity index (χ0n) is 10.4. The molecule has 1 nitrogen and oxygen atoms in total. The van der Waals surface area contributed by atoms with Crippen molar-refractivity contribution in [1.82, 2.24) is 0 Å². The highest BCUT2D eigenvalue weighted by Gasteiger charge is 2.18. The zero-order chi connectivity index (χ0) is 11.4. The van der Waals surface area contributed by atoms with E-state index in [1.54, 1.807) is 0 Å². The molecule has 0 bridgehead atoms. The number of ether oxygens (including phenoxy) is 1. The van der Waals surface area contributed by atoms with Gasteiger partial charge in [-0.3, -0.25) is 0 Å². The molecule has 0 spiro atoms. The first kappa shape index (κ1) is 11.7. The molecule has 0 radical (unpaired) electrons. The average molecular weight is 218 g/mol. The molecule has 1 heteroatoms. The van der Waals surface area contributed by atoms with Gasteiger partial charge in [0.15, 0.2) is 0 Å². The van der Waals surface area contributed by atoms with Crippen molar-refractivity contribution in [1.29, 1.82) is 0 Å². The standard InChI is InChI=1S/C15H22O/c1-12-3-6-14(7-4-12)9-10-15-8-5-13(2)16-11-15/h3-4,6-7,13,15H,5,8-11H2,1-2H3. The van der Waals surface area contributed by atoms with Gasteiger partial charge in [-0.2, -0.15) is 0 Å². The Balaban J connectivity index is 1.77. The van der Waals surface area contributed by atoms with E-state index in [0.29, 0.717) is 6.10 Å². The Morgan fingerprint density at radius 1 is 1.19 bits per heavy atom. The molecule has 0 aliphatic carbocycles. The largest absolute Gasteiger partial charge is 0.378 e. The number of hydrogen-bond donors (Lipinski definition) is 0. The van der Waals surface area contributed by atoms with E-state index < -0.39 is 0 Å². The van der Waals surface area contributed by atoms with Crippen molar-refractivity contribution < 1.29 is 4.74 Å². The Morgan fingerprint density at radius 2 is 1.94 bits per heavy atom. The van der Waals surface area contributed by atoms with E-state index in [2.05, 4.69) is 38.1 Å². The van der Waals surface area contributed by atoms with Gasteiger partial charge < -0.3 is 4.74 Å². The molecular weight excluding hydrogens is 196 g/mol. The average Bonchev–Trinajstić information content (AvgIpc) is 2.30. The van der Waals surface area contributed by atoms with Crippen LogP contribution in [0.3, 0.4) is 0 Å². The van der Waals surface area contributed by atoms with Crippen LogP contribution >= 0.6 is 0 Å². The minimum absolute atomic E-state index is 0.482. The quantitative estimate of drug-likeness (QED) is 0.751. The number of rotatable bonds is 3. The van der Waals surface area contributed by atoms with E-state index in [4.69, 9.17) is 4.74 Å². The second kappa shape index (κ2) is 5.49. The van der Waals surface area contributed by atoms with E-state index in [9.17, 15) is 0 Å². The summed E-state index contributed by atoms with van der Waals surface area (Å²) in [5.74, 6) is 0.775. The van der Waals surface area contributed by atoms with Gasteiger partial charge in [-0.05, 0) is 51.0 Å². The van der Waals surface area contributed by atoms with Gasteiger partial charge in [0.05, 0.1) is 6.10 Å². The lowest BCUT2D eigenvalue weighted by Crippen LogP contribution is -2.23. The lowest BCUT2D eigenvalue weighted by molar-refractivity contribution is -0.00694. The minimum atomic E-state index is 0.482. The lowest BCUT2D eigenvalue weighted by Gasteiger charge is -2.26. The topological polar surface area (TPSA) is 9.23 Å². The van der Waals surface area contributed by atoms with Gasteiger partial charge in [-0.15, -0.1) is 0 Å². The summed E-state index contributed by atoms with van der Waals surface area (Å²) in [7, 11) is 0. The Kier molecular flexibility index (Phi) is 4.00. The lowest BCUT2D eigenvalue weighted by atomic mass is 9.92. The molecule has 0 saturated carbocycles. The minimum Gasteiger partial charge on any atom is -0.378 e. The van der Waals surface area contributed by atoms with Gasteiger partial charge in [-0.1, -0.05) is 29.8 Å². The second-order valence-corrected chi connectivity index (χ2v) is 5.11. The molecule has 0 amide bonds. The SMILES string of the molecule is Cc1ccc(CCC2CCC(C)OC2)cc1. The first-order valence-electron chi connectivity index (χ1n) is 6.41. The van der Waals surface area contributed by atoms with Crippen LogP contribution in [0.4, 0.5) is 0 Å². The predicted molar refractivity (Wildman–Crippen MR) is 67.6 cm³/mol. The van der Waals surface area contributed by atoms with Crippen LogP contribution in [0.25, 0.3) is 0 Å². The van der Waals surface area contributed by atoms with Crippen LogP contribution in [0, 0.1) is 12.8 Å². The van der Waals surface area contributed by atoms with Crippen molar-refractivity contribution in [2.75, 3.05) is 6.61 Å². The smallest absolute Gasteiger partial charge is 0.0547 e. The number of benzene rings is 1. The maximum absolute atomic E-state index is 5.70. The molecular formula is C15H22O. The van der Waals surface area contributed by atoms with Crippen molar-refractivity contribution >= 4 is 0 Å². The van der Waals surface area contributed by atoms with E-state index in [1.165, 1.54) is 36.8 Å². The molecule has 2 atom stereocenters. The van der Waals surface area contributed by atoms with E-state index >= 15 is 0 Å². The summed E-state index contributed by atoms with van der Waals surface area (Å²) < 4.78 is 5.70. The molecule has 1 aromatic rings. The highest BCUT2D eigenvalue weighted by atomic mass is 16.5. The molecule has 1 aromatic carbocycles. The summed E-state index contributed by atoms with van der Waals surface area (Å²) >= 11 is 0. The van der Waals surface area contributed by atoms with E-state index in [-0.39, 0.29) is 0 Å². The molecule has 2 rings (SSSR count). The van der Waals surface area contributed by atoms with Crippen LogP contribution in [0.2, 0.25) is 0 Å². The fraction of sp³-hybridized carbons (Fsp3) is 0.600. The van der Waals surface area contributed by atoms with Crippen LogP contribution in [-0.4, -0.2) is 12.7 Å². The Labute approximate surface area is 98.8 Å². The van der Waals surface area contributed by atoms with Crippen LogP contribution in [0.1, 0.15) is 37.3 Å². The van der Waals surface area contributed by atoms with Crippen LogP contribution in [-0.2, 0) is 11.2 Å². The van der Waals surface area contributed by atoms with Gasteiger partial charge in [-0.25, -0.2) is 0 Å². The molecule has 16 heavy (non-hydrogen) atoms. The first-order chi connectivity index (χ1) is 7.74. The number of aryl methyl sites for hydroxylation is 2. The third-order valence-electron chi connectivity index (χ3n) is 3.56. The maximum Gasteiger partial charge on any atom is 0.0547 e. The summed E-state index contributed by atoms with van der Waals surface area (Å²) in [5.41, 5.74) is 2.81. The normalized spacial score (nSPS) is 25.6. The molecule has 88 valence electrons. The summed E-state index contributed by atoms with van der Waals surface area (Å²) in [5, 5.41) is 0. The van der Waals surface area contributed by atoms with Gasteiger partial charge >= 0.3 is 0 Å². The summed E-state index contributed by atoms with van der Waals surface area (Å²) in [6.07, 6.45) is 5.53. The van der Waals surface area contributed by atoms with Crippen molar-refractivity contribution in [2.45, 2.75) is 45.6 Å². The molecule has 1 fully saturated rings. The fourth-order valence-electron chi connectivity index (χ4n) is 2.29. The molecule has 1 aliphatic heterocycles. The summed E-state index contributed by atoms with van der Waals surface area (Å²) in [6, 6.07) is 8.91. The van der Waals surface area contributed by atoms with Crippen LogP contribution < -0.4 is 0 Å². The van der Waals surface area contributed by atoms with Gasteiger partial charge in [0.1, 0.15) is 0 Å². The highest BCUT2D eigenvalue weighted by Crippen LogP contribution is 2.22. The van der Waals surface area contributed by atoms with Crippen molar-refractivity contribution in [3.63, 3.8) is 0 Å². The molecule has 1 saturated heterocycles. The maximum atomic E-state index is 5.70. The Morgan fingerprint density at radius 3 is 2.56 bits per heavy atom. The van der Waals surface area contributed by atoms with Crippen molar-refractivity contribution in [3.05, 3.63) is 35.4 Å². The Bertz CT molecular complexity index is 307. The molecule has 2 unspecified atom stereocenters. The summed E-state index contributed by atoms with van der Waals surface area (Å²) in [4.78, 5) is 0. The van der Waals surface area contributed by atoms with Crippen molar-refractivity contribution in [3.8, 4) is 0 Å². The van der Waals surface area contributed by atoms with Gasteiger partial charge in [0.2, 0.25) is 0 Å². The molecule has 1 heterocycles. The number of hydrogen-bond acceptors (Lipinski definition) is 1.